The average molecular weight is 262 g/mol. The molecule has 2 nitrogen and oxygen atoms in total. The van der Waals surface area contributed by atoms with Gasteiger partial charge in [0.25, 0.3) is 0 Å². The van der Waals surface area contributed by atoms with Crippen LogP contribution in [0.2, 0.25) is 0 Å². The molecular formula is C17H30N2. The molecule has 0 spiro atoms. The van der Waals surface area contributed by atoms with Crippen molar-refractivity contribution >= 4 is 0 Å². The summed E-state index contributed by atoms with van der Waals surface area (Å²) in [7, 11) is 0. The highest BCUT2D eigenvalue weighted by Crippen LogP contribution is 2.19. The third kappa shape index (κ3) is 3.85. The van der Waals surface area contributed by atoms with E-state index >= 15 is 0 Å². The predicted molar refractivity (Wildman–Crippen MR) is 82.5 cm³/mol. The fourth-order valence-corrected chi connectivity index (χ4v) is 3.45. The van der Waals surface area contributed by atoms with Crippen LogP contribution >= 0.6 is 0 Å². The molecule has 1 aliphatic carbocycles. The molecule has 2 heteroatoms. The molecule has 1 saturated carbocycles. The van der Waals surface area contributed by atoms with E-state index in [1.807, 2.05) is 0 Å². The molecule has 1 heterocycles. The Morgan fingerprint density at radius 2 is 1.74 bits per heavy atom. The Morgan fingerprint density at radius 1 is 1.11 bits per heavy atom. The highest BCUT2D eigenvalue weighted by atomic mass is 15.0. The summed E-state index contributed by atoms with van der Waals surface area (Å²) < 4.78 is 2.41. The van der Waals surface area contributed by atoms with Crippen molar-refractivity contribution in [2.24, 2.45) is 0 Å². The number of hydrogen-bond donors (Lipinski definition) is 1. The molecule has 0 saturated heterocycles. The fraction of sp³-hybridized carbons (Fsp3) is 0.765. The zero-order chi connectivity index (χ0) is 13.7. The summed E-state index contributed by atoms with van der Waals surface area (Å²) in [6.45, 7) is 8.83. The SMILES string of the molecule is CCn1c(C)cc(CNC2CCCCCCC2)c1C. The maximum Gasteiger partial charge on any atom is 0.0225 e. The molecule has 0 radical (unpaired) electrons. The monoisotopic (exact) mass is 262 g/mol. The van der Waals surface area contributed by atoms with Crippen LogP contribution in [0.5, 0.6) is 0 Å². The average Bonchev–Trinajstić information content (AvgIpc) is 2.62. The van der Waals surface area contributed by atoms with E-state index in [0.717, 1.165) is 19.1 Å². The van der Waals surface area contributed by atoms with E-state index in [0.29, 0.717) is 0 Å². The van der Waals surface area contributed by atoms with Gasteiger partial charge in [0.1, 0.15) is 0 Å². The third-order valence-corrected chi connectivity index (χ3v) is 4.68. The first-order valence-electron chi connectivity index (χ1n) is 8.11. The molecule has 108 valence electrons. The van der Waals surface area contributed by atoms with Crippen LogP contribution in [0.3, 0.4) is 0 Å². The first kappa shape index (κ1) is 14.6. The molecule has 1 aromatic heterocycles. The molecule has 1 aliphatic rings. The molecule has 0 unspecified atom stereocenters. The second-order valence-electron chi connectivity index (χ2n) is 6.06. The molecule has 1 fully saturated rings. The van der Waals surface area contributed by atoms with E-state index < -0.39 is 0 Å². The van der Waals surface area contributed by atoms with E-state index in [1.54, 1.807) is 0 Å². The van der Waals surface area contributed by atoms with Crippen LogP contribution in [0.4, 0.5) is 0 Å². The van der Waals surface area contributed by atoms with Gasteiger partial charge in [0, 0.05) is 30.5 Å². The van der Waals surface area contributed by atoms with Crippen molar-refractivity contribution in [1.82, 2.24) is 9.88 Å². The van der Waals surface area contributed by atoms with Crippen molar-refractivity contribution in [2.75, 3.05) is 0 Å². The Bertz CT molecular complexity index is 384. The molecule has 2 rings (SSSR count). The molecule has 0 atom stereocenters. The molecule has 0 aliphatic heterocycles. The molecule has 0 bridgehead atoms. The summed E-state index contributed by atoms with van der Waals surface area (Å²) >= 11 is 0. The van der Waals surface area contributed by atoms with Crippen molar-refractivity contribution in [3.8, 4) is 0 Å². The van der Waals surface area contributed by atoms with Crippen molar-refractivity contribution in [3.05, 3.63) is 23.0 Å². The topological polar surface area (TPSA) is 17.0 Å². The van der Waals surface area contributed by atoms with E-state index in [1.165, 1.54) is 61.9 Å². The van der Waals surface area contributed by atoms with Gasteiger partial charge in [0.15, 0.2) is 0 Å². The van der Waals surface area contributed by atoms with Crippen LogP contribution in [-0.2, 0) is 13.1 Å². The highest BCUT2D eigenvalue weighted by molar-refractivity contribution is 5.26. The van der Waals surface area contributed by atoms with Gasteiger partial charge < -0.3 is 9.88 Å². The normalized spacial score (nSPS) is 18.3. The quantitative estimate of drug-likeness (QED) is 0.854. The Morgan fingerprint density at radius 3 is 2.32 bits per heavy atom. The van der Waals surface area contributed by atoms with Crippen LogP contribution in [0.1, 0.15) is 68.8 Å². The minimum atomic E-state index is 0.741. The van der Waals surface area contributed by atoms with Crippen LogP contribution in [0, 0.1) is 13.8 Å². The fourth-order valence-electron chi connectivity index (χ4n) is 3.45. The minimum Gasteiger partial charge on any atom is -0.349 e. The van der Waals surface area contributed by atoms with Gasteiger partial charge in [-0.05, 0) is 45.2 Å². The zero-order valence-electron chi connectivity index (χ0n) is 13.0. The summed E-state index contributed by atoms with van der Waals surface area (Å²) in [5.74, 6) is 0. The van der Waals surface area contributed by atoms with E-state index in [4.69, 9.17) is 0 Å². The van der Waals surface area contributed by atoms with Gasteiger partial charge in [-0.25, -0.2) is 0 Å². The summed E-state index contributed by atoms with van der Waals surface area (Å²) in [5.41, 5.74) is 4.33. The van der Waals surface area contributed by atoms with Gasteiger partial charge >= 0.3 is 0 Å². The van der Waals surface area contributed by atoms with Gasteiger partial charge in [-0.2, -0.15) is 0 Å². The predicted octanol–water partition coefficient (Wildman–Crippen LogP) is 4.33. The van der Waals surface area contributed by atoms with E-state index in [-0.39, 0.29) is 0 Å². The van der Waals surface area contributed by atoms with Gasteiger partial charge in [-0.15, -0.1) is 0 Å². The second kappa shape index (κ2) is 7.14. The standard InChI is InChI=1S/C17H30N2/c1-4-19-14(2)12-16(15(19)3)13-18-17-10-8-6-5-7-9-11-17/h12,17-18H,4-11,13H2,1-3H3. The Balaban J connectivity index is 1.90. The molecular weight excluding hydrogens is 232 g/mol. The van der Waals surface area contributed by atoms with Gasteiger partial charge in [-0.3, -0.25) is 0 Å². The maximum atomic E-state index is 3.80. The number of nitrogens with one attached hydrogen (secondary N) is 1. The highest BCUT2D eigenvalue weighted by Gasteiger charge is 2.13. The Hall–Kier alpha value is -0.760. The zero-order valence-corrected chi connectivity index (χ0v) is 13.0. The number of aromatic nitrogens is 1. The molecule has 19 heavy (non-hydrogen) atoms. The summed E-state index contributed by atoms with van der Waals surface area (Å²) in [4.78, 5) is 0. The lowest BCUT2D eigenvalue weighted by molar-refractivity contribution is 0.388. The summed E-state index contributed by atoms with van der Waals surface area (Å²) in [6.07, 6.45) is 9.87. The van der Waals surface area contributed by atoms with Crippen LogP contribution in [0.15, 0.2) is 6.07 Å². The van der Waals surface area contributed by atoms with Crippen molar-refractivity contribution in [3.63, 3.8) is 0 Å². The smallest absolute Gasteiger partial charge is 0.0225 e. The van der Waals surface area contributed by atoms with Crippen molar-refractivity contribution in [2.45, 2.75) is 84.8 Å². The molecule has 0 aromatic carbocycles. The Kier molecular flexibility index (Phi) is 5.50. The number of hydrogen-bond acceptors (Lipinski definition) is 1. The van der Waals surface area contributed by atoms with Crippen LogP contribution < -0.4 is 5.32 Å². The minimum absolute atomic E-state index is 0.741. The summed E-state index contributed by atoms with van der Waals surface area (Å²) in [6, 6.07) is 3.10. The lowest BCUT2D eigenvalue weighted by Crippen LogP contribution is -2.29. The Labute approximate surface area is 118 Å². The first-order valence-corrected chi connectivity index (χ1v) is 8.11. The van der Waals surface area contributed by atoms with Crippen molar-refractivity contribution < 1.29 is 0 Å². The van der Waals surface area contributed by atoms with Gasteiger partial charge in [-0.1, -0.05) is 32.1 Å². The lowest BCUT2D eigenvalue weighted by atomic mass is 9.96. The summed E-state index contributed by atoms with van der Waals surface area (Å²) in [5, 5.41) is 3.80. The van der Waals surface area contributed by atoms with E-state index in [9.17, 15) is 0 Å². The largest absolute Gasteiger partial charge is 0.349 e. The van der Waals surface area contributed by atoms with E-state index in [2.05, 4.69) is 36.7 Å². The van der Waals surface area contributed by atoms with Gasteiger partial charge in [0.05, 0.1) is 0 Å². The third-order valence-electron chi connectivity index (χ3n) is 4.68. The number of nitrogens with zero attached hydrogens (tertiary/aromatic N) is 1. The van der Waals surface area contributed by atoms with Crippen LogP contribution in [-0.4, -0.2) is 10.6 Å². The maximum absolute atomic E-state index is 3.80. The molecule has 1 aromatic rings. The second-order valence-corrected chi connectivity index (χ2v) is 6.06. The van der Waals surface area contributed by atoms with Crippen LogP contribution in [0.25, 0.3) is 0 Å². The first-order chi connectivity index (χ1) is 9.22. The molecule has 1 N–H and O–H groups in total. The lowest BCUT2D eigenvalue weighted by Gasteiger charge is -2.21. The molecule has 0 amide bonds. The van der Waals surface area contributed by atoms with Gasteiger partial charge in [0.2, 0.25) is 0 Å². The van der Waals surface area contributed by atoms with Crippen molar-refractivity contribution in [1.29, 1.82) is 0 Å². The number of aryl methyl sites for hydroxylation is 1. The number of rotatable bonds is 4.